The first kappa shape index (κ1) is 21.0. The van der Waals surface area contributed by atoms with Crippen molar-refractivity contribution < 1.29 is 26.1 Å². The van der Waals surface area contributed by atoms with Gasteiger partial charge in [-0.15, -0.1) is 0 Å². The van der Waals surface area contributed by atoms with Crippen molar-refractivity contribution in [3.8, 4) is 0 Å². The van der Waals surface area contributed by atoms with Crippen molar-refractivity contribution in [3.05, 3.63) is 23.0 Å². The van der Waals surface area contributed by atoms with Gasteiger partial charge < -0.3 is 4.52 Å². The number of pyridine rings is 1. The quantitative estimate of drug-likeness (QED) is 0.729. The number of halogens is 3. The van der Waals surface area contributed by atoms with Gasteiger partial charge in [-0.25, -0.2) is 17.7 Å². The van der Waals surface area contributed by atoms with Crippen LogP contribution >= 0.6 is 0 Å². The maximum absolute atomic E-state index is 13.6. The number of fused-ring (bicyclic) bond motifs is 1. The molecule has 1 atom stereocenters. The molecule has 0 unspecified atom stereocenters. The molecule has 10 heteroatoms. The molecule has 3 heterocycles. The Bertz CT molecular complexity index is 948. The van der Waals surface area contributed by atoms with E-state index < -0.39 is 27.0 Å². The minimum atomic E-state index is -4.55. The van der Waals surface area contributed by atoms with Crippen LogP contribution < -0.4 is 0 Å². The van der Waals surface area contributed by atoms with E-state index in [0.29, 0.717) is 25.7 Å². The third-order valence-corrected chi connectivity index (χ3v) is 7.91. The van der Waals surface area contributed by atoms with E-state index in [-0.39, 0.29) is 41.5 Å². The average Bonchev–Trinajstić information content (AvgIpc) is 3.09. The Hall–Kier alpha value is -1.68. The number of hydrogen-bond donors (Lipinski definition) is 0. The Balaban J connectivity index is 1.92. The highest BCUT2D eigenvalue weighted by atomic mass is 32.2. The molecule has 1 aliphatic heterocycles. The third kappa shape index (κ3) is 3.76. The van der Waals surface area contributed by atoms with E-state index >= 15 is 0 Å². The summed E-state index contributed by atoms with van der Waals surface area (Å²) in [5.41, 5.74) is -0.397. The van der Waals surface area contributed by atoms with Crippen LogP contribution in [0.3, 0.4) is 0 Å². The van der Waals surface area contributed by atoms with E-state index in [1.165, 1.54) is 4.31 Å². The summed E-state index contributed by atoms with van der Waals surface area (Å²) in [5, 5.41) is 3.32. The number of aromatic nitrogens is 2. The maximum atomic E-state index is 13.6. The molecule has 2 aromatic heterocycles. The van der Waals surface area contributed by atoms with Crippen molar-refractivity contribution in [2.24, 2.45) is 0 Å². The first-order chi connectivity index (χ1) is 13.1. The highest BCUT2D eigenvalue weighted by molar-refractivity contribution is 7.89. The van der Waals surface area contributed by atoms with E-state index in [4.69, 9.17) is 4.52 Å². The zero-order chi connectivity index (χ0) is 20.7. The molecular formula is C18H24F3N3O3S. The van der Waals surface area contributed by atoms with Crippen LogP contribution in [0.2, 0.25) is 0 Å². The highest BCUT2D eigenvalue weighted by Crippen LogP contribution is 2.40. The lowest BCUT2D eigenvalue weighted by Gasteiger charge is -2.32. The molecule has 0 N–H and O–H groups in total. The summed E-state index contributed by atoms with van der Waals surface area (Å²) in [4.78, 5) is 4.14. The molecule has 1 aliphatic rings. The highest BCUT2D eigenvalue weighted by Gasteiger charge is 2.39. The SMILES string of the molecule is CCc1cc(C(F)(F)F)c2c(C3CCN(S(=O)(=O)[C@H](C)CC)CC3)noc2n1. The molecule has 1 fully saturated rings. The molecule has 0 bridgehead atoms. The van der Waals surface area contributed by atoms with Gasteiger partial charge in [0.2, 0.25) is 10.0 Å². The number of hydrogen-bond acceptors (Lipinski definition) is 5. The molecule has 6 nitrogen and oxygen atoms in total. The number of alkyl halides is 3. The van der Waals surface area contributed by atoms with Gasteiger partial charge in [-0.3, -0.25) is 0 Å². The van der Waals surface area contributed by atoms with Crippen molar-refractivity contribution in [2.45, 2.75) is 63.8 Å². The minimum absolute atomic E-state index is 0.104. The van der Waals surface area contributed by atoms with E-state index in [9.17, 15) is 21.6 Å². The largest absolute Gasteiger partial charge is 0.417 e. The molecule has 2 aromatic rings. The molecule has 0 saturated carbocycles. The van der Waals surface area contributed by atoms with Crippen LogP contribution in [-0.2, 0) is 22.6 Å². The van der Waals surface area contributed by atoms with Crippen molar-refractivity contribution in [3.63, 3.8) is 0 Å². The van der Waals surface area contributed by atoms with Gasteiger partial charge in [0.15, 0.2) is 0 Å². The van der Waals surface area contributed by atoms with Crippen molar-refractivity contribution >= 4 is 21.1 Å². The Labute approximate surface area is 162 Å². The molecular weight excluding hydrogens is 395 g/mol. The summed E-state index contributed by atoms with van der Waals surface area (Å²) in [6.45, 7) is 5.71. The van der Waals surface area contributed by atoms with Gasteiger partial charge in [0, 0.05) is 24.7 Å². The fraction of sp³-hybridized carbons (Fsp3) is 0.667. The lowest BCUT2D eigenvalue weighted by atomic mass is 9.91. The van der Waals surface area contributed by atoms with E-state index in [1.807, 2.05) is 6.92 Å². The lowest BCUT2D eigenvalue weighted by Crippen LogP contribution is -2.42. The zero-order valence-corrected chi connectivity index (χ0v) is 16.9. The predicted molar refractivity (Wildman–Crippen MR) is 98.4 cm³/mol. The molecule has 3 rings (SSSR count). The number of sulfonamides is 1. The summed E-state index contributed by atoms with van der Waals surface area (Å²) in [5.74, 6) is -0.306. The number of rotatable bonds is 5. The van der Waals surface area contributed by atoms with E-state index in [2.05, 4.69) is 10.1 Å². The second-order valence-electron chi connectivity index (χ2n) is 7.20. The zero-order valence-electron chi connectivity index (χ0n) is 16.1. The normalized spacial score (nSPS) is 18.6. The first-order valence-corrected chi connectivity index (χ1v) is 10.9. The van der Waals surface area contributed by atoms with Crippen LogP contribution in [0.15, 0.2) is 10.6 Å². The van der Waals surface area contributed by atoms with Crippen LogP contribution in [0.5, 0.6) is 0 Å². The molecule has 28 heavy (non-hydrogen) atoms. The van der Waals surface area contributed by atoms with Crippen molar-refractivity contribution in [1.82, 2.24) is 14.4 Å². The second kappa shape index (κ2) is 7.62. The Morgan fingerprint density at radius 1 is 1.29 bits per heavy atom. The molecule has 0 spiro atoms. The van der Waals surface area contributed by atoms with Gasteiger partial charge in [0.1, 0.15) is 0 Å². The summed E-state index contributed by atoms with van der Waals surface area (Å²) >= 11 is 0. The second-order valence-corrected chi connectivity index (χ2v) is 9.55. The Kier molecular flexibility index (Phi) is 5.73. The Morgan fingerprint density at radius 3 is 2.46 bits per heavy atom. The standard InChI is InChI=1S/C18H24F3N3O3S/c1-4-11(3)28(25,26)24-8-6-12(7-9-24)16-15-14(18(19,20)21)10-13(5-2)22-17(15)27-23-16/h10-12H,4-9H2,1-3H3/t11-/m1/s1. The lowest BCUT2D eigenvalue weighted by molar-refractivity contribution is -0.136. The molecule has 1 saturated heterocycles. The summed E-state index contributed by atoms with van der Waals surface area (Å²) in [6.07, 6.45) is -2.91. The maximum Gasteiger partial charge on any atom is 0.417 e. The van der Waals surface area contributed by atoms with Crippen LogP contribution in [0.25, 0.3) is 11.1 Å². The summed E-state index contributed by atoms with van der Waals surface area (Å²) in [6, 6.07) is 1.05. The molecule has 156 valence electrons. The van der Waals surface area contributed by atoms with Gasteiger partial charge in [-0.05, 0) is 38.7 Å². The fourth-order valence-corrected chi connectivity index (χ4v) is 5.21. The predicted octanol–water partition coefficient (Wildman–Crippen LogP) is 4.11. The summed E-state index contributed by atoms with van der Waals surface area (Å²) < 4.78 is 72.4. The first-order valence-electron chi connectivity index (χ1n) is 9.44. The minimum Gasteiger partial charge on any atom is -0.336 e. The summed E-state index contributed by atoms with van der Waals surface area (Å²) in [7, 11) is -3.39. The van der Waals surface area contributed by atoms with Gasteiger partial charge in [0.25, 0.3) is 5.71 Å². The van der Waals surface area contributed by atoms with Gasteiger partial charge in [-0.2, -0.15) is 13.2 Å². The molecule has 0 aliphatic carbocycles. The van der Waals surface area contributed by atoms with Crippen LogP contribution in [0.4, 0.5) is 13.2 Å². The fourth-order valence-electron chi connectivity index (χ4n) is 3.56. The average molecular weight is 419 g/mol. The number of nitrogens with zero attached hydrogens (tertiary/aromatic N) is 3. The van der Waals surface area contributed by atoms with Gasteiger partial charge in [0.05, 0.1) is 21.9 Å². The monoisotopic (exact) mass is 419 g/mol. The van der Waals surface area contributed by atoms with Gasteiger partial charge >= 0.3 is 6.18 Å². The smallest absolute Gasteiger partial charge is 0.336 e. The Morgan fingerprint density at radius 2 is 1.93 bits per heavy atom. The number of piperidine rings is 1. The molecule has 0 amide bonds. The molecule has 0 aromatic carbocycles. The van der Waals surface area contributed by atoms with Crippen molar-refractivity contribution in [1.29, 1.82) is 0 Å². The van der Waals surface area contributed by atoms with E-state index in [1.54, 1.807) is 13.8 Å². The van der Waals surface area contributed by atoms with Crippen LogP contribution in [0.1, 0.15) is 62.9 Å². The van der Waals surface area contributed by atoms with E-state index in [0.717, 1.165) is 6.07 Å². The topological polar surface area (TPSA) is 76.3 Å². The van der Waals surface area contributed by atoms with Crippen LogP contribution in [0, 0.1) is 0 Å². The third-order valence-electron chi connectivity index (χ3n) is 5.48. The van der Waals surface area contributed by atoms with Gasteiger partial charge in [-0.1, -0.05) is 19.0 Å². The van der Waals surface area contributed by atoms with Crippen molar-refractivity contribution in [2.75, 3.05) is 13.1 Å². The molecule has 0 radical (unpaired) electrons. The number of aryl methyl sites for hydroxylation is 1. The van der Waals surface area contributed by atoms with Crippen LogP contribution in [-0.4, -0.2) is 41.2 Å².